The van der Waals surface area contributed by atoms with E-state index in [1.54, 1.807) is 20.8 Å². The highest BCUT2D eigenvalue weighted by atomic mass is 19.1. The van der Waals surface area contributed by atoms with Gasteiger partial charge in [-0.3, -0.25) is 0 Å². The first-order valence-corrected chi connectivity index (χ1v) is 12.8. The zero-order chi connectivity index (χ0) is 27.4. The molecule has 0 unspecified atom stereocenters. The lowest BCUT2D eigenvalue weighted by Crippen LogP contribution is -2.36. The van der Waals surface area contributed by atoms with Gasteiger partial charge in [-0.2, -0.15) is 0 Å². The summed E-state index contributed by atoms with van der Waals surface area (Å²) in [5, 5.41) is 12.3. The van der Waals surface area contributed by atoms with Gasteiger partial charge in [0.2, 0.25) is 5.95 Å². The van der Waals surface area contributed by atoms with E-state index in [-0.39, 0.29) is 23.7 Å². The van der Waals surface area contributed by atoms with Crippen molar-refractivity contribution in [2.45, 2.75) is 52.5 Å². The van der Waals surface area contributed by atoms with E-state index in [1.165, 1.54) is 24.4 Å². The summed E-state index contributed by atoms with van der Waals surface area (Å²) < 4.78 is 50.7. The minimum Gasteiger partial charge on any atom is -0.623 e. The second kappa shape index (κ2) is 11.4. The number of rotatable bonds is 7. The highest BCUT2D eigenvalue weighted by molar-refractivity contribution is 5.80. The third kappa shape index (κ3) is 6.44. The summed E-state index contributed by atoms with van der Waals surface area (Å²) in [6.45, 7) is 8.91. The Bertz CT molecular complexity index is 1280. The molecule has 0 aliphatic carbocycles. The quantitative estimate of drug-likeness (QED) is 0.160. The fraction of sp³-hybridized carbons (Fsp3) is 0.414. The zero-order valence-electron chi connectivity index (χ0n) is 22.2. The Morgan fingerprint density at radius 1 is 1.03 bits per heavy atom. The van der Waals surface area contributed by atoms with Crippen molar-refractivity contribution in [2.24, 2.45) is 5.92 Å². The summed E-state index contributed by atoms with van der Waals surface area (Å²) >= 11 is 0. The zero-order valence-corrected chi connectivity index (χ0v) is 22.2. The fourth-order valence-electron chi connectivity index (χ4n) is 4.22. The highest BCUT2D eigenvalue weighted by Gasteiger charge is 2.24. The summed E-state index contributed by atoms with van der Waals surface area (Å²) in [6, 6.07) is 6.12. The first-order valence-electron chi connectivity index (χ1n) is 12.8. The van der Waals surface area contributed by atoms with Crippen LogP contribution < -0.4 is 9.64 Å². The molecule has 4 rings (SSSR count). The average molecular weight is 527 g/mol. The van der Waals surface area contributed by atoms with Crippen molar-refractivity contribution < 1.29 is 22.6 Å². The lowest BCUT2D eigenvalue weighted by Gasteiger charge is -2.31. The first-order chi connectivity index (χ1) is 18.0. The Hall–Kier alpha value is -3.62. The standard InChI is InChI=1S/C29H33F3N4O2/c1-5-19-15-33-28(34-16-19)35-10-8-20(9-11-35)18-38-27-25(31)13-22(14-26(27)32)23-12-21(6-7-24(23)30)17-36(37)29(2,3)4/h6-7,12-17,20H,5,8-11,18H2,1-4H3/b36-17-. The number of ether oxygens (including phenoxy) is 1. The minimum absolute atomic E-state index is 0.00744. The van der Waals surface area contributed by atoms with Gasteiger partial charge in [0.25, 0.3) is 0 Å². The Morgan fingerprint density at radius 3 is 2.24 bits per heavy atom. The van der Waals surface area contributed by atoms with Crippen LogP contribution in [0.1, 0.15) is 51.7 Å². The van der Waals surface area contributed by atoms with Gasteiger partial charge in [-0.05, 0) is 66.6 Å². The molecule has 202 valence electrons. The summed E-state index contributed by atoms with van der Waals surface area (Å²) in [4.78, 5) is 10.9. The van der Waals surface area contributed by atoms with E-state index in [1.807, 2.05) is 12.4 Å². The van der Waals surface area contributed by atoms with Crippen LogP contribution in [-0.2, 0) is 6.42 Å². The number of aryl methyl sites for hydroxylation is 1. The molecule has 0 atom stereocenters. The predicted molar refractivity (Wildman–Crippen MR) is 142 cm³/mol. The molecule has 6 nitrogen and oxygen atoms in total. The van der Waals surface area contributed by atoms with Crippen LogP contribution >= 0.6 is 0 Å². The molecule has 0 spiro atoms. The number of piperidine rings is 1. The lowest BCUT2D eigenvalue weighted by atomic mass is 9.98. The van der Waals surface area contributed by atoms with Gasteiger partial charge < -0.3 is 14.8 Å². The Balaban J connectivity index is 1.42. The van der Waals surface area contributed by atoms with E-state index >= 15 is 0 Å². The van der Waals surface area contributed by atoms with Crippen LogP contribution in [0.5, 0.6) is 5.75 Å². The molecule has 1 aliphatic heterocycles. The third-order valence-electron chi connectivity index (χ3n) is 6.69. The molecule has 2 aromatic carbocycles. The highest BCUT2D eigenvalue weighted by Crippen LogP contribution is 2.32. The van der Waals surface area contributed by atoms with Crippen LogP contribution in [0.2, 0.25) is 0 Å². The molecule has 1 fully saturated rings. The minimum atomic E-state index is -0.907. The van der Waals surface area contributed by atoms with Crippen LogP contribution in [0.3, 0.4) is 0 Å². The smallest absolute Gasteiger partial charge is 0.225 e. The van der Waals surface area contributed by atoms with Gasteiger partial charge in [-0.15, -0.1) is 0 Å². The molecule has 0 radical (unpaired) electrons. The predicted octanol–water partition coefficient (Wildman–Crippen LogP) is 6.15. The van der Waals surface area contributed by atoms with E-state index < -0.39 is 28.7 Å². The molecule has 0 N–H and O–H groups in total. The van der Waals surface area contributed by atoms with E-state index in [0.717, 1.165) is 54.8 Å². The Morgan fingerprint density at radius 2 is 1.66 bits per heavy atom. The van der Waals surface area contributed by atoms with Gasteiger partial charge in [-0.25, -0.2) is 27.9 Å². The second-order valence-electron chi connectivity index (χ2n) is 10.6. The van der Waals surface area contributed by atoms with Gasteiger partial charge in [0.05, 0.1) is 6.61 Å². The van der Waals surface area contributed by atoms with Crippen molar-refractivity contribution in [2.75, 3.05) is 24.6 Å². The molecular weight excluding hydrogens is 493 g/mol. The molecule has 2 heterocycles. The molecule has 3 aromatic rings. The number of hydrogen-bond donors (Lipinski definition) is 0. The summed E-state index contributed by atoms with van der Waals surface area (Å²) in [5.41, 5.74) is 0.833. The molecule has 1 aliphatic rings. The number of hydrogen-bond acceptors (Lipinski definition) is 5. The molecule has 38 heavy (non-hydrogen) atoms. The molecule has 1 aromatic heterocycles. The molecule has 0 bridgehead atoms. The molecular formula is C29H33F3N4O2. The Labute approximate surface area is 221 Å². The van der Waals surface area contributed by atoms with Crippen molar-refractivity contribution >= 4 is 12.2 Å². The van der Waals surface area contributed by atoms with Crippen molar-refractivity contribution in [3.8, 4) is 16.9 Å². The van der Waals surface area contributed by atoms with Crippen molar-refractivity contribution in [3.63, 3.8) is 0 Å². The molecule has 0 amide bonds. The fourth-order valence-corrected chi connectivity index (χ4v) is 4.22. The normalized spacial score (nSPS) is 15.1. The van der Waals surface area contributed by atoms with Crippen LogP contribution in [0.15, 0.2) is 42.7 Å². The number of hydroxylamine groups is 1. The first kappa shape index (κ1) is 27.4. The van der Waals surface area contributed by atoms with Crippen molar-refractivity contribution in [1.82, 2.24) is 9.97 Å². The third-order valence-corrected chi connectivity index (χ3v) is 6.69. The lowest BCUT2D eigenvalue weighted by molar-refractivity contribution is -0.530. The Kier molecular flexibility index (Phi) is 8.23. The number of benzene rings is 2. The maximum atomic E-state index is 14.9. The second-order valence-corrected chi connectivity index (χ2v) is 10.6. The van der Waals surface area contributed by atoms with E-state index in [0.29, 0.717) is 11.5 Å². The number of nitrogens with zero attached hydrogens (tertiary/aromatic N) is 4. The number of aromatic nitrogens is 2. The van der Waals surface area contributed by atoms with Gasteiger partial charge in [0, 0.05) is 57.4 Å². The SMILES string of the molecule is CCc1cnc(N2CCC(COc3c(F)cc(-c4cc(/C=[N+](\[O-])C(C)(C)C)ccc4F)cc3F)CC2)nc1. The van der Waals surface area contributed by atoms with Crippen LogP contribution in [0.4, 0.5) is 19.1 Å². The van der Waals surface area contributed by atoms with Crippen LogP contribution in [0, 0.1) is 28.6 Å². The molecule has 9 heteroatoms. The monoisotopic (exact) mass is 526 g/mol. The average Bonchev–Trinajstić information content (AvgIpc) is 2.89. The van der Waals surface area contributed by atoms with Crippen molar-refractivity contribution in [1.29, 1.82) is 0 Å². The maximum absolute atomic E-state index is 14.9. The van der Waals surface area contributed by atoms with Crippen molar-refractivity contribution in [3.05, 3.63) is 76.5 Å². The summed E-state index contributed by atoms with van der Waals surface area (Å²) in [7, 11) is 0. The van der Waals surface area contributed by atoms with E-state index in [9.17, 15) is 18.4 Å². The van der Waals surface area contributed by atoms with Crippen LogP contribution in [-0.4, -0.2) is 46.2 Å². The van der Waals surface area contributed by atoms with Gasteiger partial charge in [0.15, 0.2) is 29.1 Å². The van der Waals surface area contributed by atoms with Crippen LogP contribution in [0.25, 0.3) is 11.1 Å². The molecule has 0 saturated carbocycles. The number of anilines is 1. The topological polar surface area (TPSA) is 64.3 Å². The largest absolute Gasteiger partial charge is 0.623 e. The summed E-state index contributed by atoms with van der Waals surface area (Å²) in [5.74, 6) is -2.13. The molecule has 1 saturated heterocycles. The van der Waals surface area contributed by atoms with Gasteiger partial charge >= 0.3 is 0 Å². The van der Waals surface area contributed by atoms with E-state index in [4.69, 9.17) is 4.74 Å². The summed E-state index contributed by atoms with van der Waals surface area (Å²) in [6.07, 6.45) is 7.42. The van der Waals surface area contributed by atoms with Gasteiger partial charge in [0.1, 0.15) is 5.82 Å². The number of halogens is 3. The maximum Gasteiger partial charge on any atom is 0.225 e. The van der Waals surface area contributed by atoms with E-state index in [2.05, 4.69) is 21.8 Å². The van der Waals surface area contributed by atoms with Gasteiger partial charge in [-0.1, -0.05) is 6.92 Å².